The minimum absolute atomic E-state index is 0.177. The number of ether oxygens (including phenoxy) is 1. The molecule has 3 atom stereocenters. The van der Waals surface area contributed by atoms with E-state index in [0.717, 1.165) is 5.56 Å². The Morgan fingerprint density at radius 3 is 2.79 bits per heavy atom. The van der Waals surface area contributed by atoms with Crippen molar-refractivity contribution in [3.8, 4) is 5.75 Å². The summed E-state index contributed by atoms with van der Waals surface area (Å²) >= 11 is 0. The second-order valence-electron chi connectivity index (χ2n) is 6.48. The topological polar surface area (TPSA) is 102 Å². The molecule has 1 saturated heterocycles. The van der Waals surface area contributed by atoms with E-state index < -0.39 is 17.6 Å². The van der Waals surface area contributed by atoms with Crippen molar-refractivity contribution in [2.75, 3.05) is 13.1 Å². The van der Waals surface area contributed by atoms with Crippen LogP contribution < -0.4 is 15.8 Å². The van der Waals surface area contributed by atoms with E-state index in [9.17, 15) is 14.4 Å². The first kappa shape index (κ1) is 16.3. The Balaban J connectivity index is 1.97. The number of amides is 3. The van der Waals surface area contributed by atoms with Gasteiger partial charge in [-0.2, -0.15) is 0 Å². The van der Waals surface area contributed by atoms with Gasteiger partial charge in [-0.1, -0.05) is 18.2 Å². The lowest BCUT2D eigenvalue weighted by Crippen LogP contribution is -2.65. The number of primary amides is 1. The lowest BCUT2D eigenvalue weighted by atomic mass is 9.73. The minimum atomic E-state index is -0.916. The lowest BCUT2D eigenvalue weighted by Gasteiger charge is -2.52. The number of para-hydroxylation sites is 1. The Hall–Kier alpha value is -2.57. The summed E-state index contributed by atoms with van der Waals surface area (Å²) in [6.45, 7) is 3.79. The van der Waals surface area contributed by atoms with Gasteiger partial charge in [0.25, 0.3) is 0 Å². The Labute approximate surface area is 140 Å². The van der Waals surface area contributed by atoms with Gasteiger partial charge in [0.05, 0.1) is 0 Å². The van der Waals surface area contributed by atoms with Gasteiger partial charge in [0.1, 0.15) is 11.7 Å². The second-order valence-corrected chi connectivity index (χ2v) is 6.48. The number of rotatable bonds is 4. The Morgan fingerprint density at radius 1 is 1.42 bits per heavy atom. The van der Waals surface area contributed by atoms with Crippen LogP contribution in [0.2, 0.25) is 0 Å². The summed E-state index contributed by atoms with van der Waals surface area (Å²) in [5.41, 5.74) is 5.52. The van der Waals surface area contributed by atoms with E-state index in [1.165, 1.54) is 11.8 Å². The van der Waals surface area contributed by atoms with Gasteiger partial charge in [0.2, 0.25) is 17.7 Å². The summed E-state index contributed by atoms with van der Waals surface area (Å²) in [6, 6.07) is 7.41. The maximum atomic E-state index is 12.9. The van der Waals surface area contributed by atoms with Crippen LogP contribution in [0.25, 0.3) is 0 Å². The number of nitrogens with two attached hydrogens (primary N) is 1. The number of benzene rings is 1. The number of carbonyl (C=O) groups excluding carboxylic acids is 3. The number of hydrogen-bond acceptors (Lipinski definition) is 4. The first-order valence-electron chi connectivity index (χ1n) is 7.96. The molecule has 7 heteroatoms. The standard InChI is InChI=1S/C17H21N3O4/c1-10(21)19-7-8-20-16(23)14(15(18)22)12-9-17(20,2)24-13-6-4-3-5-11(12)13/h3-6,12,14H,7-9H2,1-2H3,(H2,18,22)(H,19,21)/t12-,14+,17+/m0/s1. The van der Waals surface area contributed by atoms with Gasteiger partial charge in [0.15, 0.2) is 5.72 Å². The average Bonchev–Trinajstić information content (AvgIpc) is 2.49. The maximum Gasteiger partial charge on any atom is 0.238 e. The highest BCUT2D eigenvalue weighted by Crippen LogP contribution is 2.49. The molecule has 0 aromatic heterocycles. The van der Waals surface area contributed by atoms with Crippen molar-refractivity contribution in [1.29, 1.82) is 0 Å². The van der Waals surface area contributed by atoms with Gasteiger partial charge in [-0.05, 0) is 18.6 Å². The molecule has 24 heavy (non-hydrogen) atoms. The van der Waals surface area contributed by atoms with Gasteiger partial charge in [-0.15, -0.1) is 0 Å². The molecule has 2 heterocycles. The van der Waals surface area contributed by atoms with Crippen LogP contribution in [-0.4, -0.2) is 41.4 Å². The molecule has 3 amide bonds. The van der Waals surface area contributed by atoms with E-state index in [1.54, 1.807) is 0 Å². The van der Waals surface area contributed by atoms with Gasteiger partial charge < -0.3 is 20.7 Å². The van der Waals surface area contributed by atoms with Crippen LogP contribution in [0.15, 0.2) is 24.3 Å². The molecule has 2 bridgehead atoms. The summed E-state index contributed by atoms with van der Waals surface area (Å²) in [7, 11) is 0. The zero-order valence-electron chi connectivity index (χ0n) is 13.7. The van der Waals surface area contributed by atoms with Crippen molar-refractivity contribution in [2.24, 2.45) is 11.7 Å². The minimum Gasteiger partial charge on any atom is -0.468 e. The monoisotopic (exact) mass is 331 g/mol. The third-order valence-electron chi connectivity index (χ3n) is 4.77. The van der Waals surface area contributed by atoms with Crippen LogP contribution in [0.5, 0.6) is 5.75 Å². The molecule has 0 unspecified atom stereocenters. The summed E-state index contributed by atoms with van der Waals surface area (Å²) in [6.07, 6.45) is 0.490. The number of likely N-dealkylation sites (tertiary alicyclic amines) is 1. The molecule has 2 aliphatic rings. The van der Waals surface area contributed by atoms with Crippen molar-refractivity contribution in [1.82, 2.24) is 10.2 Å². The maximum absolute atomic E-state index is 12.9. The number of fused-ring (bicyclic) bond motifs is 4. The average molecular weight is 331 g/mol. The van der Waals surface area contributed by atoms with Gasteiger partial charge in [0, 0.05) is 32.4 Å². The third kappa shape index (κ3) is 2.60. The Kier molecular flexibility index (Phi) is 3.95. The molecule has 0 aliphatic carbocycles. The van der Waals surface area contributed by atoms with E-state index in [-0.39, 0.29) is 30.8 Å². The Bertz CT molecular complexity index is 705. The van der Waals surface area contributed by atoms with Crippen molar-refractivity contribution in [3.05, 3.63) is 29.8 Å². The molecular weight excluding hydrogens is 310 g/mol. The molecule has 7 nitrogen and oxygen atoms in total. The quantitative estimate of drug-likeness (QED) is 0.777. The van der Waals surface area contributed by atoms with Crippen LogP contribution in [0.3, 0.4) is 0 Å². The van der Waals surface area contributed by atoms with E-state index >= 15 is 0 Å². The fraction of sp³-hybridized carbons (Fsp3) is 0.471. The smallest absolute Gasteiger partial charge is 0.238 e. The predicted molar refractivity (Wildman–Crippen MR) is 85.9 cm³/mol. The fourth-order valence-corrected chi connectivity index (χ4v) is 3.72. The molecule has 2 aliphatic heterocycles. The summed E-state index contributed by atoms with van der Waals surface area (Å²) in [5, 5.41) is 2.66. The molecule has 1 aromatic carbocycles. The Morgan fingerprint density at radius 2 is 2.12 bits per heavy atom. The zero-order valence-corrected chi connectivity index (χ0v) is 13.7. The van der Waals surface area contributed by atoms with Crippen molar-refractivity contribution >= 4 is 17.7 Å². The van der Waals surface area contributed by atoms with E-state index in [2.05, 4.69) is 5.32 Å². The van der Waals surface area contributed by atoms with Crippen LogP contribution in [0.4, 0.5) is 0 Å². The normalized spacial score (nSPS) is 27.9. The first-order valence-corrected chi connectivity index (χ1v) is 7.96. The number of nitrogens with one attached hydrogen (secondary N) is 1. The predicted octanol–water partition coefficient (Wildman–Crippen LogP) is 0.349. The summed E-state index contributed by atoms with van der Waals surface area (Å²) < 4.78 is 6.10. The molecule has 3 N–H and O–H groups in total. The number of carbonyl (C=O) groups is 3. The molecule has 1 aromatic rings. The second kappa shape index (κ2) is 5.81. The van der Waals surface area contributed by atoms with Crippen LogP contribution in [-0.2, 0) is 14.4 Å². The van der Waals surface area contributed by atoms with Crippen molar-refractivity contribution in [2.45, 2.75) is 31.9 Å². The number of piperidine rings is 1. The third-order valence-corrected chi connectivity index (χ3v) is 4.77. The highest BCUT2D eigenvalue weighted by atomic mass is 16.5. The van der Waals surface area contributed by atoms with Gasteiger partial charge in [-0.3, -0.25) is 14.4 Å². The van der Waals surface area contributed by atoms with Crippen LogP contribution >= 0.6 is 0 Å². The molecule has 0 spiro atoms. The lowest BCUT2D eigenvalue weighted by molar-refractivity contribution is -0.175. The van der Waals surface area contributed by atoms with E-state index in [1.807, 2.05) is 31.2 Å². The fourth-order valence-electron chi connectivity index (χ4n) is 3.72. The van der Waals surface area contributed by atoms with Gasteiger partial charge >= 0.3 is 0 Å². The zero-order chi connectivity index (χ0) is 17.5. The van der Waals surface area contributed by atoms with E-state index in [4.69, 9.17) is 10.5 Å². The van der Waals surface area contributed by atoms with E-state index in [0.29, 0.717) is 12.2 Å². The van der Waals surface area contributed by atoms with Crippen molar-refractivity contribution in [3.63, 3.8) is 0 Å². The number of hydrogen-bond donors (Lipinski definition) is 2. The molecule has 0 saturated carbocycles. The number of nitrogens with zero attached hydrogens (tertiary/aromatic N) is 1. The summed E-state index contributed by atoms with van der Waals surface area (Å²) in [4.78, 5) is 37.5. The highest BCUT2D eigenvalue weighted by molar-refractivity contribution is 6.01. The van der Waals surface area contributed by atoms with Crippen molar-refractivity contribution < 1.29 is 19.1 Å². The van der Waals surface area contributed by atoms with Crippen LogP contribution in [0.1, 0.15) is 31.7 Å². The molecule has 0 radical (unpaired) electrons. The highest BCUT2D eigenvalue weighted by Gasteiger charge is 2.55. The molecule has 3 rings (SSSR count). The molecule has 1 fully saturated rings. The first-order chi connectivity index (χ1) is 11.3. The SMILES string of the molecule is CC(=O)NCCN1C(=O)[C@@H](C(N)=O)[C@H]2C[C@@]1(C)Oc1ccccc12. The van der Waals surface area contributed by atoms with Gasteiger partial charge in [-0.25, -0.2) is 0 Å². The molecule has 128 valence electrons. The summed E-state index contributed by atoms with van der Waals surface area (Å²) in [5.74, 6) is -1.69. The largest absolute Gasteiger partial charge is 0.468 e. The molecular formula is C17H21N3O4. The van der Waals surface area contributed by atoms with Crippen LogP contribution in [0, 0.1) is 5.92 Å².